The van der Waals surface area contributed by atoms with Gasteiger partial charge in [-0.25, -0.2) is 4.39 Å². The van der Waals surface area contributed by atoms with Gasteiger partial charge in [-0.05, 0) is 66.8 Å². The molecule has 0 aliphatic carbocycles. The first kappa shape index (κ1) is 22.7. The second-order valence-electron chi connectivity index (χ2n) is 8.40. The number of carbonyl (C=O) groups excluding carboxylic acids is 2. The van der Waals surface area contributed by atoms with E-state index in [1.165, 1.54) is 12.1 Å². The molecule has 0 saturated carbocycles. The molecule has 1 atom stereocenters. The smallest absolute Gasteiger partial charge is 0.306 e. The SMILES string of the molecule is CCOC(=O)C[C@H](c1ccc(F)cc1)C1CCN(C(=O)c2cc3ccccc3c(=O)[nH]2)CC1. The molecule has 1 amide bonds. The Bertz CT molecular complexity index is 1200. The van der Waals surface area contributed by atoms with Crippen molar-refractivity contribution in [1.82, 2.24) is 9.88 Å². The number of hydrogen-bond acceptors (Lipinski definition) is 4. The molecule has 0 radical (unpaired) electrons. The summed E-state index contributed by atoms with van der Waals surface area (Å²) in [6, 6.07) is 15.1. The highest BCUT2D eigenvalue weighted by Crippen LogP contribution is 2.36. The minimum Gasteiger partial charge on any atom is -0.466 e. The molecule has 2 aromatic carbocycles. The molecule has 4 rings (SSSR count). The van der Waals surface area contributed by atoms with Gasteiger partial charge in [0, 0.05) is 18.5 Å². The van der Waals surface area contributed by atoms with Crippen LogP contribution in [-0.4, -0.2) is 41.5 Å². The van der Waals surface area contributed by atoms with Gasteiger partial charge in [0.25, 0.3) is 11.5 Å². The van der Waals surface area contributed by atoms with Gasteiger partial charge in [-0.1, -0.05) is 30.3 Å². The van der Waals surface area contributed by atoms with E-state index in [1.807, 2.05) is 12.1 Å². The summed E-state index contributed by atoms with van der Waals surface area (Å²) in [6.45, 7) is 3.11. The van der Waals surface area contributed by atoms with Gasteiger partial charge in [-0.15, -0.1) is 0 Å². The topological polar surface area (TPSA) is 79.5 Å². The number of rotatable bonds is 6. The number of hydrogen-bond donors (Lipinski definition) is 1. The number of benzene rings is 2. The van der Waals surface area contributed by atoms with E-state index >= 15 is 0 Å². The number of carbonyl (C=O) groups is 2. The first-order valence-corrected chi connectivity index (χ1v) is 11.3. The summed E-state index contributed by atoms with van der Waals surface area (Å²) in [6.07, 6.45) is 1.62. The van der Waals surface area contributed by atoms with E-state index in [0.717, 1.165) is 10.9 Å². The molecule has 1 saturated heterocycles. The summed E-state index contributed by atoms with van der Waals surface area (Å²) >= 11 is 0. The number of H-pyrrole nitrogens is 1. The summed E-state index contributed by atoms with van der Waals surface area (Å²) in [5.41, 5.74) is 0.893. The summed E-state index contributed by atoms with van der Waals surface area (Å²) in [5, 5.41) is 1.28. The van der Waals surface area contributed by atoms with Crippen LogP contribution in [0.1, 0.15) is 48.2 Å². The maximum absolute atomic E-state index is 13.4. The second-order valence-corrected chi connectivity index (χ2v) is 8.40. The summed E-state index contributed by atoms with van der Waals surface area (Å²) < 4.78 is 18.6. The number of likely N-dealkylation sites (tertiary alicyclic amines) is 1. The Hall–Kier alpha value is -3.48. The van der Waals surface area contributed by atoms with Gasteiger partial charge in [-0.2, -0.15) is 0 Å². The van der Waals surface area contributed by atoms with Crippen molar-refractivity contribution in [2.24, 2.45) is 5.92 Å². The number of halogens is 1. The number of aromatic nitrogens is 1. The van der Waals surface area contributed by atoms with Gasteiger partial charge >= 0.3 is 5.97 Å². The Morgan fingerprint density at radius 2 is 1.82 bits per heavy atom. The summed E-state index contributed by atoms with van der Waals surface area (Å²) in [7, 11) is 0. The maximum Gasteiger partial charge on any atom is 0.306 e. The quantitative estimate of drug-likeness (QED) is 0.569. The van der Waals surface area contributed by atoms with Crippen molar-refractivity contribution in [2.75, 3.05) is 19.7 Å². The molecule has 7 heteroatoms. The number of esters is 1. The van der Waals surface area contributed by atoms with Crippen LogP contribution < -0.4 is 5.56 Å². The third-order valence-corrected chi connectivity index (χ3v) is 6.37. The summed E-state index contributed by atoms with van der Waals surface area (Å²) in [4.78, 5) is 42.1. The molecule has 172 valence electrons. The number of fused-ring (bicyclic) bond motifs is 1. The van der Waals surface area contributed by atoms with Crippen molar-refractivity contribution in [3.8, 4) is 0 Å². The molecule has 1 aliphatic rings. The first-order valence-electron chi connectivity index (χ1n) is 11.3. The second kappa shape index (κ2) is 9.98. The van der Waals surface area contributed by atoms with E-state index in [0.29, 0.717) is 37.9 Å². The van der Waals surface area contributed by atoms with Crippen molar-refractivity contribution in [3.63, 3.8) is 0 Å². The fourth-order valence-corrected chi connectivity index (χ4v) is 4.67. The molecular formula is C26H27FN2O4. The summed E-state index contributed by atoms with van der Waals surface area (Å²) in [5.74, 6) is -0.764. The highest BCUT2D eigenvalue weighted by Gasteiger charge is 2.32. The van der Waals surface area contributed by atoms with Crippen LogP contribution >= 0.6 is 0 Å². The molecule has 1 aliphatic heterocycles. The molecule has 6 nitrogen and oxygen atoms in total. The lowest BCUT2D eigenvalue weighted by Crippen LogP contribution is -2.40. The van der Waals surface area contributed by atoms with Crippen LogP contribution in [0.4, 0.5) is 4.39 Å². The lowest BCUT2D eigenvalue weighted by Gasteiger charge is -2.36. The Labute approximate surface area is 191 Å². The number of amides is 1. The Kier molecular flexibility index (Phi) is 6.87. The van der Waals surface area contributed by atoms with E-state index in [2.05, 4.69) is 4.98 Å². The molecule has 0 spiro atoms. The lowest BCUT2D eigenvalue weighted by molar-refractivity contribution is -0.144. The zero-order valence-corrected chi connectivity index (χ0v) is 18.6. The number of ether oxygens (including phenoxy) is 1. The molecule has 1 aromatic heterocycles. The standard InChI is InChI=1S/C26H27FN2O4/c1-2-33-24(30)16-22(17-7-9-20(27)10-8-17)18-11-13-29(14-12-18)26(32)23-15-19-5-3-4-6-21(19)25(31)28-23/h3-10,15,18,22H,2,11-14,16H2,1H3,(H,28,31)/t22-/m1/s1. The molecule has 0 unspecified atom stereocenters. The van der Waals surface area contributed by atoms with Gasteiger partial charge in [-0.3, -0.25) is 14.4 Å². The monoisotopic (exact) mass is 450 g/mol. The first-order chi connectivity index (χ1) is 16.0. The van der Waals surface area contributed by atoms with E-state index in [4.69, 9.17) is 4.74 Å². The number of piperidine rings is 1. The van der Waals surface area contributed by atoms with Crippen LogP contribution in [0.2, 0.25) is 0 Å². The third-order valence-electron chi connectivity index (χ3n) is 6.37. The van der Waals surface area contributed by atoms with E-state index in [-0.39, 0.29) is 47.2 Å². The number of aromatic amines is 1. The predicted octanol–water partition coefficient (Wildman–Crippen LogP) is 4.26. The van der Waals surface area contributed by atoms with Gasteiger partial charge in [0.05, 0.1) is 13.0 Å². The van der Waals surface area contributed by atoms with Crippen LogP contribution in [0.3, 0.4) is 0 Å². The molecular weight excluding hydrogens is 423 g/mol. The van der Waals surface area contributed by atoms with Crippen LogP contribution in [-0.2, 0) is 9.53 Å². The normalized spacial score (nSPS) is 15.4. The minimum absolute atomic E-state index is 0.109. The van der Waals surface area contributed by atoms with Crippen molar-refractivity contribution >= 4 is 22.6 Å². The molecule has 33 heavy (non-hydrogen) atoms. The Morgan fingerprint density at radius 3 is 2.52 bits per heavy atom. The fraction of sp³-hybridized carbons (Fsp3) is 0.346. The van der Waals surface area contributed by atoms with Crippen LogP contribution in [0.15, 0.2) is 59.4 Å². The maximum atomic E-state index is 13.4. The molecule has 3 aromatic rings. The zero-order valence-electron chi connectivity index (χ0n) is 18.6. The lowest BCUT2D eigenvalue weighted by atomic mass is 9.78. The largest absolute Gasteiger partial charge is 0.466 e. The van der Waals surface area contributed by atoms with E-state index in [9.17, 15) is 18.8 Å². The molecule has 0 bridgehead atoms. The molecule has 2 heterocycles. The van der Waals surface area contributed by atoms with Gasteiger partial charge in [0.2, 0.25) is 0 Å². The zero-order chi connectivity index (χ0) is 23.4. The van der Waals surface area contributed by atoms with Gasteiger partial charge < -0.3 is 14.6 Å². The molecule has 1 N–H and O–H groups in total. The van der Waals surface area contributed by atoms with Crippen LogP contribution in [0.5, 0.6) is 0 Å². The van der Waals surface area contributed by atoms with Crippen molar-refractivity contribution < 1.29 is 18.7 Å². The predicted molar refractivity (Wildman–Crippen MR) is 124 cm³/mol. The number of nitrogens with zero attached hydrogens (tertiary/aromatic N) is 1. The minimum atomic E-state index is -0.321. The highest BCUT2D eigenvalue weighted by molar-refractivity contribution is 5.96. The highest BCUT2D eigenvalue weighted by atomic mass is 19.1. The number of nitrogens with one attached hydrogen (secondary N) is 1. The van der Waals surface area contributed by atoms with Gasteiger partial charge in [0.1, 0.15) is 11.5 Å². The molecule has 1 fully saturated rings. The van der Waals surface area contributed by atoms with Gasteiger partial charge in [0.15, 0.2) is 0 Å². The fourth-order valence-electron chi connectivity index (χ4n) is 4.67. The van der Waals surface area contributed by atoms with Crippen LogP contribution in [0, 0.1) is 11.7 Å². The Morgan fingerprint density at radius 1 is 1.12 bits per heavy atom. The van der Waals surface area contributed by atoms with E-state index in [1.54, 1.807) is 42.2 Å². The average Bonchev–Trinajstić information content (AvgIpc) is 2.83. The van der Waals surface area contributed by atoms with Crippen molar-refractivity contribution in [2.45, 2.75) is 32.1 Å². The van der Waals surface area contributed by atoms with Crippen LogP contribution in [0.25, 0.3) is 10.8 Å². The average molecular weight is 451 g/mol. The number of pyridine rings is 1. The Balaban J connectivity index is 1.48. The van der Waals surface area contributed by atoms with E-state index < -0.39 is 0 Å². The third kappa shape index (κ3) is 5.13. The van der Waals surface area contributed by atoms with Crippen molar-refractivity contribution in [1.29, 1.82) is 0 Å². The van der Waals surface area contributed by atoms with Crippen molar-refractivity contribution in [3.05, 3.63) is 82.0 Å².